The van der Waals surface area contributed by atoms with Crippen molar-refractivity contribution in [3.63, 3.8) is 0 Å². The van der Waals surface area contributed by atoms with Crippen LogP contribution in [0.2, 0.25) is 0 Å². The summed E-state index contributed by atoms with van der Waals surface area (Å²) in [6, 6.07) is 7.65. The van der Waals surface area contributed by atoms with Gasteiger partial charge in [-0.25, -0.2) is 4.98 Å². The number of hydrogen-bond donors (Lipinski definition) is 3. The Kier molecular flexibility index (Phi) is 12.6. The number of aryl methyl sites for hydroxylation is 1. The summed E-state index contributed by atoms with van der Waals surface area (Å²) >= 11 is 1.76. The lowest BCUT2D eigenvalue weighted by atomic mass is 10.1. The lowest BCUT2D eigenvalue weighted by Gasteiger charge is -2.13. The van der Waals surface area contributed by atoms with Crippen LogP contribution in [0.5, 0.6) is 0 Å². The number of carbonyl (C=O) groups excluding carboxylic acids is 1. The van der Waals surface area contributed by atoms with Gasteiger partial charge in [-0.2, -0.15) is 0 Å². The van der Waals surface area contributed by atoms with E-state index in [0.717, 1.165) is 42.5 Å². The number of nitrogens with zero attached hydrogens (tertiary/aromatic N) is 3. The van der Waals surface area contributed by atoms with Crippen LogP contribution in [-0.4, -0.2) is 62.5 Å². The van der Waals surface area contributed by atoms with Gasteiger partial charge in [0.05, 0.1) is 5.01 Å². The molecule has 9 heteroatoms. The Morgan fingerprint density at radius 1 is 1.20 bits per heavy atom. The monoisotopic (exact) mass is 544 g/mol. The molecule has 0 aliphatic heterocycles. The fourth-order valence-corrected chi connectivity index (χ4v) is 3.50. The van der Waals surface area contributed by atoms with Crippen molar-refractivity contribution in [2.45, 2.75) is 26.3 Å². The highest BCUT2D eigenvalue weighted by atomic mass is 127. The molecule has 166 valence electrons. The van der Waals surface area contributed by atoms with Gasteiger partial charge in [-0.3, -0.25) is 9.79 Å². The molecule has 0 unspecified atom stereocenters. The number of likely N-dealkylation sites (N-methyl/N-ethyl adjacent to an activating group) is 1. The van der Waals surface area contributed by atoms with E-state index in [-0.39, 0.29) is 29.9 Å². The van der Waals surface area contributed by atoms with Crippen LogP contribution in [0.25, 0.3) is 0 Å². The maximum atomic E-state index is 12.3. The molecular formula is C21H33IN6OS. The van der Waals surface area contributed by atoms with Crippen LogP contribution >= 0.6 is 35.3 Å². The van der Waals surface area contributed by atoms with E-state index >= 15 is 0 Å². The number of hydrogen-bond acceptors (Lipinski definition) is 5. The average molecular weight is 545 g/mol. The molecule has 2 rings (SSSR count). The van der Waals surface area contributed by atoms with E-state index in [9.17, 15) is 4.79 Å². The lowest BCUT2D eigenvalue weighted by molar-refractivity contribution is 0.0951. The average Bonchev–Trinajstić information content (AvgIpc) is 3.18. The van der Waals surface area contributed by atoms with Crippen molar-refractivity contribution in [3.05, 3.63) is 51.5 Å². The zero-order valence-corrected chi connectivity index (χ0v) is 21.3. The summed E-state index contributed by atoms with van der Waals surface area (Å²) in [7, 11) is 5.72. The Bertz CT molecular complexity index is 808. The van der Waals surface area contributed by atoms with Crippen LogP contribution < -0.4 is 16.0 Å². The second-order valence-electron chi connectivity index (χ2n) is 6.94. The van der Waals surface area contributed by atoms with Crippen molar-refractivity contribution in [1.29, 1.82) is 0 Å². The van der Waals surface area contributed by atoms with Gasteiger partial charge in [0.2, 0.25) is 0 Å². The van der Waals surface area contributed by atoms with Gasteiger partial charge >= 0.3 is 0 Å². The van der Waals surface area contributed by atoms with Gasteiger partial charge < -0.3 is 20.9 Å². The number of benzene rings is 1. The smallest absolute Gasteiger partial charge is 0.251 e. The van der Waals surface area contributed by atoms with E-state index in [0.29, 0.717) is 18.7 Å². The molecule has 1 aromatic heterocycles. The highest BCUT2D eigenvalue weighted by Crippen LogP contribution is 2.13. The normalized spacial score (nSPS) is 11.2. The molecule has 1 amide bonds. The fraction of sp³-hybridized carbons (Fsp3) is 0.476. The summed E-state index contributed by atoms with van der Waals surface area (Å²) in [5.41, 5.74) is 1.70. The summed E-state index contributed by atoms with van der Waals surface area (Å²) in [5.74, 6) is 0.684. The Labute approximate surface area is 200 Å². The van der Waals surface area contributed by atoms with E-state index in [2.05, 4.69) is 32.9 Å². The number of aromatic nitrogens is 1. The second kappa shape index (κ2) is 14.3. The quantitative estimate of drug-likeness (QED) is 0.244. The summed E-state index contributed by atoms with van der Waals surface area (Å²) in [6.45, 7) is 4.95. The number of halogens is 1. The Balaban J connectivity index is 0.00000450. The van der Waals surface area contributed by atoms with Crippen molar-refractivity contribution >= 4 is 47.2 Å². The fourth-order valence-electron chi connectivity index (χ4n) is 2.64. The molecule has 0 bridgehead atoms. The Hall–Kier alpha value is -1.72. The molecule has 2 aromatic rings. The van der Waals surface area contributed by atoms with Crippen molar-refractivity contribution < 1.29 is 4.79 Å². The SMILES string of the molecule is CCc1cnc(CCNC(=NC)NCc2cccc(C(=O)NCCN(C)C)c2)s1.I. The van der Waals surface area contributed by atoms with Gasteiger partial charge in [0.15, 0.2) is 5.96 Å². The molecule has 30 heavy (non-hydrogen) atoms. The molecular weight excluding hydrogens is 511 g/mol. The van der Waals surface area contributed by atoms with E-state index in [1.165, 1.54) is 4.88 Å². The third-order valence-corrected chi connectivity index (χ3v) is 5.50. The maximum absolute atomic E-state index is 12.3. The molecule has 0 atom stereocenters. The molecule has 0 aliphatic carbocycles. The molecule has 0 aliphatic rings. The van der Waals surface area contributed by atoms with E-state index in [1.807, 2.05) is 49.5 Å². The molecule has 1 heterocycles. The van der Waals surface area contributed by atoms with Gasteiger partial charge in [0.1, 0.15) is 0 Å². The van der Waals surface area contributed by atoms with Gasteiger partial charge in [-0.15, -0.1) is 35.3 Å². The number of carbonyl (C=O) groups is 1. The molecule has 0 radical (unpaired) electrons. The van der Waals surface area contributed by atoms with Gasteiger partial charge in [0.25, 0.3) is 5.91 Å². The summed E-state index contributed by atoms with van der Waals surface area (Å²) in [5, 5.41) is 10.7. The zero-order valence-electron chi connectivity index (χ0n) is 18.2. The second-order valence-corrected chi connectivity index (χ2v) is 8.14. The van der Waals surface area contributed by atoms with Gasteiger partial charge in [-0.1, -0.05) is 19.1 Å². The minimum atomic E-state index is -0.0499. The van der Waals surface area contributed by atoms with E-state index in [4.69, 9.17) is 0 Å². The number of aliphatic imine (C=N–C) groups is 1. The first-order valence-electron chi connectivity index (χ1n) is 9.91. The largest absolute Gasteiger partial charge is 0.356 e. The molecule has 1 aromatic carbocycles. The van der Waals surface area contributed by atoms with E-state index < -0.39 is 0 Å². The standard InChI is InChI=1S/C21H32N6OS.HI/c1-5-18-15-25-19(29-18)9-10-24-21(22-2)26-14-16-7-6-8-17(13-16)20(28)23-11-12-27(3)4;/h6-8,13,15H,5,9-12,14H2,1-4H3,(H,23,28)(H2,22,24,26);1H. The first kappa shape index (κ1) is 26.3. The van der Waals surface area contributed by atoms with Crippen LogP contribution in [0.4, 0.5) is 0 Å². The first-order valence-corrected chi connectivity index (χ1v) is 10.7. The third kappa shape index (κ3) is 9.40. The molecule has 0 saturated carbocycles. The third-order valence-electron chi connectivity index (χ3n) is 4.30. The summed E-state index contributed by atoms with van der Waals surface area (Å²) in [6.07, 6.45) is 3.85. The topological polar surface area (TPSA) is 81.6 Å². The predicted molar refractivity (Wildman–Crippen MR) is 136 cm³/mol. The van der Waals surface area contributed by atoms with Crippen molar-refractivity contribution in [3.8, 4) is 0 Å². The molecule has 7 nitrogen and oxygen atoms in total. The Morgan fingerprint density at radius 2 is 2.00 bits per heavy atom. The van der Waals surface area contributed by atoms with Crippen LogP contribution in [0, 0.1) is 0 Å². The van der Waals surface area contributed by atoms with E-state index in [1.54, 1.807) is 18.4 Å². The number of guanidine groups is 1. The Morgan fingerprint density at radius 3 is 2.67 bits per heavy atom. The first-order chi connectivity index (χ1) is 14.0. The molecule has 3 N–H and O–H groups in total. The number of rotatable bonds is 10. The van der Waals surface area contributed by atoms with Crippen LogP contribution in [0.3, 0.4) is 0 Å². The summed E-state index contributed by atoms with van der Waals surface area (Å²) in [4.78, 5) is 24.3. The van der Waals surface area contributed by atoms with Crippen LogP contribution in [0.15, 0.2) is 35.5 Å². The van der Waals surface area contributed by atoms with Crippen molar-refractivity contribution in [2.24, 2.45) is 4.99 Å². The predicted octanol–water partition coefficient (Wildman–Crippen LogP) is 2.52. The minimum Gasteiger partial charge on any atom is -0.356 e. The highest BCUT2D eigenvalue weighted by molar-refractivity contribution is 14.0. The van der Waals surface area contributed by atoms with Crippen LogP contribution in [-0.2, 0) is 19.4 Å². The van der Waals surface area contributed by atoms with Crippen molar-refractivity contribution in [2.75, 3.05) is 40.8 Å². The van der Waals surface area contributed by atoms with Gasteiger partial charge in [0, 0.05) is 56.3 Å². The van der Waals surface area contributed by atoms with Crippen LogP contribution in [0.1, 0.15) is 32.7 Å². The molecule has 0 spiro atoms. The van der Waals surface area contributed by atoms with Crippen molar-refractivity contribution in [1.82, 2.24) is 25.8 Å². The highest BCUT2D eigenvalue weighted by Gasteiger charge is 2.07. The molecule has 0 fully saturated rings. The number of nitrogens with one attached hydrogen (secondary N) is 3. The number of thiazole rings is 1. The zero-order chi connectivity index (χ0) is 21.1. The lowest BCUT2D eigenvalue weighted by Crippen LogP contribution is -2.37. The molecule has 0 saturated heterocycles. The maximum Gasteiger partial charge on any atom is 0.251 e. The number of amides is 1. The van der Waals surface area contributed by atoms with Gasteiger partial charge in [-0.05, 0) is 38.2 Å². The summed E-state index contributed by atoms with van der Waals surface area (Å²) < 4.78 is 0. The minimum absolute atomic E-state index is 0.